The summed E-state index contributed by atoms with van der Waals surface area (Å²) in [6.45, 7) is 2.17. The average Bonchev–Trinajstić information content (AvgIpc) is 2.44. The first-order valence-electron chi connectivity index (χ1n) is 6.42. The zero-order chi connectivity index (χ0) is 14.8. The Hall–Kier alpha value is -1.65. The number of fused-ring (bicyclic) bond motifs is 1. The van der Waals surface area contributed by atoms with Crippen molar-refractivity contribution in [3.05, 3.63) is 63.6 Å². The van der Waals surface area contributed by atoms with E-state index in [9.17, 15) is 0 Å². The summed E-state index contributed by atoms with van der Waals surface area (Å²) >= 11 is 9.38. The van der Waals surface area contributed by atoms with E-state index in [1.54, 1.807) is 6.07 Å². The standard InChI is InChI=1S/C16H12BrClN2O/c1-10-6-15(18)20-16(19-10)9-21-14-5-3-11-7-13(17)4-2-12(11)8-14/h2-8H,9H2,1H3. The zero-order valence-electron chi connectivity index (χ0n) is 11.3. The molecule has 0 amide bonds. The second kappa shape index (κ2) is 6.00. The summed E-state index contributed by atoms with van der Waals surface area (Å²) in [5, 5.41) is 2.72. The fourth-order valence-corrected chi connectivity index (χ4v) is 2.72. The van der Waals surface area contributed by atoms with Crippen LogP contribution in [-0.4, -0.2) is 9.97 Å². The highest BCUT2D eigenvalue weighted by molar-refractivity contribution is 9.10. The molecule has 3 rings (SSSR count). The van der Waals surface area contributed by atoms with Gasteiger partial charge in [0.1, 0.15) is 17.5 Å². The van der Waals surface area contributed by atoms with E-state index in [4.69, 9.17) is 16.3 Å². The lowest BCUT2D eigenvalue weighted by atomic mass is 10.1. The van der Waals surface area contributed by atoms with Crippen LogP contribution in [0.3, 0.4) is 0 Å². The molecule has 0 atom stereocenters. The van der Waals surface area contributed by atoms with Gasteiger partial charge in [-0.1, -0.05) is 39.7 Å². The molecule has 1 aromatic heterocycles. The second-order valence-electron chi connectivity index (χ2n) is 4.69. The number of aromatic nitrogens is 2. The molecule has 0 N–H and O–H groups in total. The molecule has 0 saturated heterocycles. The summed E-state index contributed by atoms with van der Waals surface area (Å²) in [6, 6.07) is 13.8. The van der Waals surface area contributed by atoms with Gasteiger partial charge in [0.25, 0.3) is 0 Å². The first kappa shape index (κ1) is 14.3. The van der Waals surface area contributed by atoms with Crippen LogP contribution in [0.4, 0.5) is 0 Å². The van der Waals surface area contributed by atoms with E-state index >= 15 is 0 Å². The van der Waals surface area contributed by atoms with Gasteiger partial charge in [-0.25, -0.2) is 9.97 Å². The van der Waals surface area contributed by atoms with Gasteiger partial charge in [0, 0.05) is 10.2 Å². The Labute approximate surface area is 136 Å². The third-order valence-corrected chi connectivity index (χ3v) is 3.70. The number of nitrogens with zero attached hydrogens (tertiary/aromatic N) is 2. The molecule has 5 heteroatoms. The molecular formula is C16H12BrClN2O. The fraction of sp³-hybridized carbons (Fsp3) is 0.125. The smallest absolute Gasteiger partial charge is 0.167 e. The number of benzene rings is 2. The average molecular weight is 364 g/mol. The number of hydrogen-bond acceptors (Lipinski definition) is 3. The molecule has 0 aliphatic heterocycles. The molecule has 3 nitrogen and oxygen atoms in total. The molecule has 0 unspecified atom stereocenters. The first-order valence-corrected chi connectivity index (χ1v) is 7.59. The van der Waals surface area contributed by atoms with Crippen molar-refractivity contribution in [1.82, 2.24) is 9.97 Å². The lowest BCUT2D eigenvalue weighted by Crippen LogP contribution is -2.02. The number of rotatable bonds is 3. The van der Waals surface area contributed by atoms with Crippen LogP contribution < -0.4 is 4.74 Å². The molecular weight excluding hydrogens is 352 g/mol. The van der Waals surface area contributed by atoms with Crippen LogP contribution in [0.5, 0.6) is 5.75 Å². The Morgan fingerprint density at radius 3 is 2.62 bits per heavy atom. The van der Waals surface area contributed by atoms with Gasteiger partial charge in [-0.2, -0.15) is 0 Å². The highest BCUT2D eigenvalue weighted by Crippen LogP contribution is 2.24. The van der Waals surface area contributed by atoms with Gasteiger partial charge >= 0.3 is 0 Å². The van der Waals surface area contributed by atoms with Crippen LogP contribution in [0.1, 0.15) is 11.5 Å². The Balaban J connectivity index is 1.80. The monoisotopic (exact) mass is 362 g/mol. The number of aryl methyl sites for hydroxylation is 1. The van der Waals surface area contributed by atoms with Gasteiger partial charge in [-0.15, -0.1) is 0 Å². The molecule has 3 aromatic rings. The van der Waals surface area contributed by atoms with Gasteiger partial charge in [0.15, 0.2) is 5.82 Å². The molecule has 2 aromatic carbocycles. The highest BCUT2D eigenvalue weighted by atomic mass is 79.9. The van der Waals surface area contributed by atoms with Crippen molar-refractivity contribution < 1.29 is 4.74 Å². The van der Waals surface area contributed by atoms with Crippen molar-refractivity contribution in [1.29, 1.82) is 0 Å². The van der Waals surface area contributed by atoms with E-state index in [1.807, 2.05) is 37.3 Å². The summed E-state index contributed by atoms with van der Waals surface area (Å²) in [5.41, 5.74) is 0.831. The summed E-state index contributed by atoms with van der Waals surface area (Å²) in [7, 11) is 0. The number of hydrogen-bond donors (Lipinski definition) is 0. The normalized spacial score (nSPS) is 10.8. The summed E-state index contributed by atoms with van der Waals surface area (Å²) in [6.07, 6.45) is 0. The third kappa shape index (κ3) is 3.52. The van der Waals surface area contributed by atoms with E-state index in [0.29, 0.717) is 17.6 Å². The maximum absolute atomic E-state index is 5.91. The Kier molecular flexibility index (Phi) is 4.08. The zero-order valence-corrected chi connectivity index (χ0v) is 13.6. The number of halogens is 2. The van der Waals surface area contributed by atoms with E-state index in [2.05, 4.69) is 32.0 Å². The van der Waals surface area contributed by atoms with Gasteiger partial charge < -0.3 is 4.74 Å². The Bertz CT molecular complexity index is 787. The summed E-state index contributed by atoms with van der Waals surface area (Å²) in [4.78, 5) is 8.44. The minimum atomic E-state index is 0.295. The maximum atomic E-state index is 5.91. The Morgan fingerprint density at radius 1 is 1.05 bits per heavy atom. The Morgan fingerprint density at radius 2 is 1.81 bits per heavy atom. The summed E-state index contributed by atoms with van der Waals surface area (Å²) in [5.74, 6) is 1.36. The van der Waals surface area contributed by atoms with Crippen LogP contribution >= 0.6 is 27.5 Å². The minimum absolute atomic E-state index is 0.295. The van der Waals surface area contributed by atoms with Crippen molar-refractivity contribution in [3.63, 3.8) is 0 Å². The molecule has 0 spiro atoms. The van der Waals surface area contributed by atoms with Crippen LogP contribution in [0.15, 0.2) is 46.9 Å². The molecule has 1 heterocycles. The van der Waals surface area contributed by atoms with Gasteiger partial charge in [0.2, 0.25) is 0 Å². The quantitative estimate of drug-likeness (QED) is 0.619. The van der Waals surface area contributed by atoms with Crippen LogP contribution in [0, 0.1) is 6.92 Å². The number of ether oxygens (including phenoxy) is 1. The largest absolute Gasteiger partial charge is 0.486 e. The summed E-state index contributed by atoms with van der Waals surface area (Å²) < 4.78 is 6.81. The van der Waals surface area contributed by atoms with Gasteiger partial charge in [0.05, 0.1) is 0 Å². The lowest BCUT2D eigenvalue weighted by molar-refractivity contribution is 0.296. The van der Waals surface area contributed by atoms with Crippen molar-refractivity contribution in [2.75, 3.05) is 0 Å². The topological polar surface area (TPSA) is 35.0 Å². The second-order valence-corrected chi connectivity index (χ2v) is 5.99. The van der Waals surface area contributed by atoms with Crippen LogP contribution in [-0.2, 0) is 6.61 Å². The third-order valence-electron chi connectivity index (χ3n) is 3.01. The van der Waals surface area contributed by atoms with Crippen molar-refractivity contribution in [3.8, 4) is 5.75 Å². The molecule has 0 saturated carbocycles. The first-order chi connectivity index (χ1) is 10.1. The van der Waals surface area contributed by atoms with Gasteiger partial charge in [-0.3, -0.25) is 0 Å². The molecule has 0 aliphatic rings. The van der Waals surface area contributed by atoms with E-state index in [1.165, 1.54) is 0 Å². The SMILES string of the molecule is Cc1cc(Cl)nc(COc2ccc3cc(Br)ccc3c2)n1. The molecule has 21 heavy (non-hydrogen) atoms. The molecule has 0 bridgehead atoms. The maximum Gasteiger partial charge on any atom is 0.167 e. The fourth-order valence-electron chi connectivity index (χ4n) is 2.09. The van der Waals surface area contributed by atoms with E-state index in [-0.39, 0.29) is 0 Å². The van der Waals surface area contributed by atoms with Crippen LogP contribution in [0.25, 0.3) is 10.8 Å². The predicted molar refractivity (Wildman–Crippen MR) is 87.8 cm³/mol. The minimum Gasteiger partial charge on any atom is -0.486 e. The molecule has 106 valence electrons. The molecule has 0 radical (unpaired) electrons. The van der Waals surface area contributed by atoms with Crippen molar-refractivity contribution in [2.24, 2.45) is 0 Å². The highest BCUT2D eigenvalue weighted by Gasteiger charge is 2.03. The lowest BCUT2D eigenvalue weighted by Gasteiger charge is -2.07. The molecule has 0 fully saturated rings. The van der Waals surface area contributed by atoms with E-state index < -0.39 is 0 Å². The van der Waals surface area contributed by atoms with Gasteiger partial charge in [-0.05, 0) is 48.0 Å². The van der Waals surface area contributed by atoms with Crippen molar-refractivity contribution in [2.45, 2.75) is 13.5 Å². The van der Waals surface area contributed by atoms with E-state index in [0.717, 1.165) is 26.7 Å². The van der Waals surface area contributed by atoms with Crippen molar-refractivity contribution >= 4 is 38.3 Å². The van der Waals surface area contributed by atoms with Crippen LogP contribution in [0.2, 0.25) is 5.15 Å². The predicted octanol–water partition coefficient (Wildman–Crippen LogP) is 4.93. The molecule has 0 aliphatic carbocycles.